The maximum atomic E-state index is 11.5. The van der Waals surface area contributed by atoms with E-state index in [1.165, 1.54) is 6.20 Å². The number of nitrogen functional groups attached to an aromatic ring is 1. The van der Waals surface area contributed by atoms with Crippen LogP contribution in [0.15, 0.2) is 6.20 Å². The van der Waals surface area contributed by atoms with Crippen LogP contribution in [0, 0.1) is 0 Å². The van der Waals surface area contributed by atoms with E-state index in [2.05, 4.69) is 4.98 Å². The van der Waals surface area contributed by atoms with E-state index in [9.17, 15) is 4.79 Å². The molecular weight excluding hydrogens is 182 g/mol. The number of rotatable bonds is 3. The molecule has 0 spiro atoms. The third-order valence-electron chi connectivity index (χ3n) is 2.22. The Labute approximate surface area is 81.9 Å². The number of ether oxygens (including phenoxy) is 1. The second-order valence-electron chi connectivity index (χ2n) is 3.32. The lowest BCUT2D eigenvalue weighted by Gasteiger charge is -2.06. The van der Waals surface area contributed by atoms with Crippen LogP contribution in [0.1, 0.15) is 36.3 Å². The third-order valence-corrected chi connectivity index (χ3v) is 2.22. The van der Waals surface area contributed by atoms with Gasteiger partial charge in [-0.3, -0.25) is 0 Å². The zero-order valence-electron chi connectivity index (χ0n) is 8.06. The summed E-state index contributed by atoms with van der Waals surface area (Å²) in [6, 6.07) is 0.344. The maximum Gasteiger partial charge on any atom is 0.356 e. The summed E-state index contributed by atoms with van der Waals surface area (Å²) in [6.45, 7) is 2.15. The van der Waals surface area contributed by atoms with Gasteiger partial charge in [0.05, 0.1) is 12.8 Å². The molecule has 5 heteroatoms. The zero-order valence-corrected chi connectivity index (χ0v) is 8.06. The third kappa shape index (κ3) is 1.45. The van der Waals surface area contributed by atoms with Crippen LogP contribution in [-0.2, 0) is 4.74 Å². The predicted molar refractivity (Wildman–Crippen MR) is 50.9 cm³/mol. The summed E-state index contributed by atoms with van der Waals surface area (Å²) >= 11 is 0. The molecule has 1 saturated carbocycles. The summed E-state index contributed by atoms with van der Waals surface area (Å²) < 4.78 is 6.67. The van der Waals surface area contributed by atoms with Crippen molar-refractivity contribution in [3.05, 3.63) is 11.9 Å². The summed E-state index contributed by atoms with van der Waals surface area (Å²) in [5.74, 6) is 0.0548. The summed E-state index contributed by atoms with van der Waals surface area (Å²) in [7, 11) is 0. The van der Waals surface area contributed by atoms with Crippen molar-refractivity contribution in [1.82, 2.24) is 9.55 Å². The Hall–Kier alpha value is -1.52. The number of hydrogen-bond acceptors (Lipinski definition) is 4. The number of anilines is 1. The Kier molecular flexibility index (Phi) is 2.15. The van der Waals surface area contributed by atoms with E-state index >= 15 is 0 Å². The van der Waals surface area contributed by atoms with Gasteiger partial charge in [-0.25, -0.2) is 9.78 Å². The van der Waals surface area contributed by atoms with Crippen molar-refractivity contribution in [2.45, 2.75) is 25.8 Å². The highest BCUT2D eigenvalue weighted by Gasteiger charge is 2.30. The van der Waals surface area contributed by atoms with Crippen molar-refractivity contribution in [2.75, 3.05) is 12.3 Å². The van der Waals surface area contributed by atoms with Gasteiger partial charge in [0.25, 0.3) is 0 Å². The molecule has 14 heavy (non-hydrogen) atoms. The van der Waals surface area contributed by atoms with Gasteiger partial charge in [0, 0.05) is 6.04 Å². The van der Waals surface area contributed by atoms with Crippen LogP contribution < -0.4 is 5.73 Å². The van der Waals surface area contributed by atoms with E-state index in [4.69, 9.17) is 10.5 Å². The first-order valence-corrected chi connectivity index (χ1v) is 4.74. The highest BCUT2D eigenvalue weighted by Crippen LogP contribution is 2.37. The van der Waals surface area contributed by atoms with Crippen molar-refractivity contribution in [2.24, 2.45) is 0 Å². The van der Waals surface area contributed by atoms with E-state index in [0.717, 1.165) is 12.8 Å². The monoisotopic (exact) mass is 195 g/mol. The fraction of sp³-hybridized carbons (Fsp3) is 0.556. The highest BCUT2D eigenvalue weighted by atomic mass is 16.5. The topological polar surface area (TPSA) is 70.1 Å². The van der Waals surface area contributed by atoms with Gasteiger partial charge >= 0.3 is 5.97 Å². The molecule has 1 aromatic rings. The van der Waals surface area contributed by atoms with Crippen molar-refractivity contribution < 1.29 is 9.53 Å². The van der Waals surface area contributed by atoms with E-state index < -0.39 is 0 Å². The molecule has 1 aromatic heterocycles. The molecule has 1 heterocycles. The van der Waals surface area contributed by atoms with Gasteiger partial charge < -0.3 is 15.0 Å². The van der Waals surface area contributed by atoms with Crippen LogP contribution in [0.3, 0.4) is 0 Å². The van der Waals surface area contributed by atoms with E-state index in [-0.39, 0.29) is 5.97 Å². The number of aromatic nitrogens is 2. The molecule has 0 unspecified atom stereocenters. The van der Waals surface area contributed by atoms with Gasteiger partial charge in [0.2, 0.25) is 5.95 Å². The molecule has 0 bridgehead atoms. The van der Waals surface area contributed by atoms with Crippen molar-refractivity contribution >= 4 is 11.9 Å². The van der Waals surface area contributed by atoms with E-state index in [0.29, 0.717) is 24.3 Å². The lowest BCUT2D eigenvalue weighted by atomic mass is 10.4. The highest BCUT2D eigenvalue weighted by molar-refractivity contribution is 5.88. The van der Waals surface area contributed by atoms with Gasteiger partial charge in [-0.1, -0.05) is 0 Å². The molecule has 1 aliphatic carbocycles. The molecule has 0 aliphatic heterocycles. The number of hydrogen-bond donors (Lipinski definition) is 1. The molecular formula is C9H13N3O2. The average molecular weight is 195 g/mol. The molecule has 1 fully saturated rings. The molecule has 2 N–H and O–H groups in total. The molecule has 76 valence electrons. The molecule has 1 aliphatic rings. The largest absolute Gasteiger partial charge is 0.461 e. The van der Waals surface area contributed by atoms with Gasteiger partial charge in [0.15, 0.2) is 0 Å². The van der Waals surface area contributed by atoms with E-state index in [1.807, 2.05) is 0 Å². The number of imidazole rings is 1. The fourth-order valence-electron chi connectivity index (χ4n) is 1.45. The first kappa shape index (κ1) is 9.05. The lowest BCUT2D eigenvalue weighted by Crippen LogP contribution is -2.12. The second-order valence-corrected chi connectivity index (χ2v) is 3.32. The van der Waals surface area contributed by atoms with Crippen LogP contribution in [0.4, 0.5) is 5.95 Å². The standard InChI is InChI=1S/C9H13N3O2/c1-2-14-8(13)7-5-11-9(10)12(7)6-3-4-6/h5-6H,2-4H2,1H3,(H2,10,11). The van der Waals surface area contributed by atoms with Crippen molar-refractivity contribution in [3.63, 3.8) is 0 Å². The van der Waals surface area contributed by atoms with Gasteiger partial charge in [0.1, 0.15) is 5.69 Å². The number of esters is 1. The number of carbonyl (C=O) groups is 1. The van der Waals surface area contributed by atoms with Crippen LogP contribution in [0.5, 0.6) is 0 Å². The van der Waals surface area contributed by atoms with Crippen LogP contribution in [0.25, 0.3) is 0 Å². The average Bonchev–Trinajstić information content (AvgIpc) is 2.90. The van der Waals surface area contributed by atoms with Crippen molar-refractivity contribution in [1.29, 1.82) is 0 Å². The summed E-state index contributed by atoms with van der Waals surface area (Å²) in [4.78, 5) is 15.4. The second kappa shape index (κ2) is 3.32. The van der Waals surface area contributed by atoms with E-state index in [1.54, 1.807) is 11.5 Å². The summed E-state index contributed by atoms with van der Waals surface area (Å²) in [5.41, 5.74) is 6.13. The molecule has 5 nitrogen and oxygen atoms in total. The predicted octanol–water partition coefficient (Wildman–Crippen LogP) is 0.977. The van der Waals surface area contributed by atoms with Crippen LogP contribution in [0.2, 0.25) is 0 Å². The zero-order chi connectivity index (χ0) is 10.1. The Morgan fingerprint density at radius 3 is 3.07 bits per heavy atom. The maximum absolute atomic E-state index is 11.5. The smallest absolute Gasteiger partial charge is 0.356 e. The van der Waals surface area contributed by atoms with Gasteiger partial charge in [-0.15, -0.1) is 0 Å². The normalized spacial score (nSPS) is 15.5. The number of nitrogens with zero attached hydrogens (tertiary/aromatic N) is 2. The Balaban J connectivity index is 2.28. The van der Waals surface area contributed by atoms with Crippen LogP contribution in [-0.4, -0.2) is 22.1 Å². The van der Waals surface area contributed by atoms with Crippen molar-refractivity contribution in [3.8, 4) is 0 Å². The Morgan fingerprint density at radius 2 is 2.50 bits per heavy atom. The lowest BCUT2D eigenvalue weighted by molar-refractivity contribution is 0.0514. The molecule has 0 radical (unpaired) electrons. The Morgan fingerprint density at radius 1 is 1.79 bits per heavy atom. The summed E-state index contributed by atoms with van der Waals surface area (Å²) in [5, 5.41) is 0. The number of carbonyl (C=O) groups excluding carboxylic acids is 1. The first-order valence-electron chi connectivity index (χ1n) is 4.74. The summed E-state index contributed by atoms with van der Waals surface area (Å²) in [6.07, 6.45) is 3.60. The van der Waals surface area contributed by atoms with Crippen LogP contribution >= 0.6 is 0 Å². The Bertz CT molecular complexity index is 355. The quantitative estimate of drug-likeness (QED) is 0.730. The minimum absolute atomic E-state index is 0.344. The molecule has 0 atom stereocenters. The molecule has 0 saturated heterocycles. The minimum atomic E-state index is -0.344. The SMILES string of the molecule is CCOC(=O)c1cnc(N)n1C1CC1. The minimum Gasteiger partial charge on any atom is -0.461 e. The van der Waals surface area contributed by atoms with Gasteiger partial charge in [-0.05, 0) is 19.8 Å². The fourth-order valence-corrected chi connectivity index (χ4v) is 1.45. The molecule has 0 aromatic carbocycles. The number of nitrogens with two attached hydrogens (primary N) is 1. The first-order chi connectivity index (χ1) is 6.74. The molecule has 2 rings (SSSR count). The molecule has 0 amide bonds. The van der Waals surface area contributed by atoms with Gasteiger partial charge in [-0.2, -0.15) is 0 Å².